The third-order valence-corrected chi connectivity index (χ3v) is 24.5. The molecule has 5 aromatic heterocycles. The number of pyridine rings is 1. The van der Waals surface area contributed by atoms with Crippen LogP contribution in [-0.2, 0) is 87.4 Å². The molecule has 47 heteroatoms. The molecular weight excluding hydrogens is 1890 g/mol. The number of carbonyl (C=O) groups is 7. The van der Waals surface area contributed by atoms with Gasteiger partial charge >= 0.3 is 46.1 Å². The summed E-state index contributed by atoms with van der Waals surface area (Å²) in [6.45, 7) is 20.4. The van der Waals surface area contributed by atoms with Crippen molar-refractivity contribution in [1.82, 2.24) is 81.3 Å². The molecule has 4 aromatic carbocycles. The Kier molecular flexibility index (Phi) is 45.7. The minimum atomic E-state index is -4.67. The second-order valence-electron chi connectivity index (χ2n) is 35.4. The van der Waals surface area contributed by atoms with E-state index in [1.807, 2.05) is 173 Å². The van der Waals surface area contributed by atoms with Gasteiger partial charge in [-0.3, -0.25) is 57.8 Å². The van der Waals surface area contributed by atoms with Gasteiger partial charge in [0, 0.05) is 90.5 Å². The van der Waals surface area contributed by atoms with Gasteiger partial charge in [0.05, 0.1) is 97.2 Å². The molecule has 0 bridgehead atoms. The Bertz CT molecular complexity index is 5750. The first-order valence-electron chi connectivity index (χ1n) is 44.4. The number of urea groups is 1. The first kappa shape index (κ1) is 114. The number of aliphatic hydroxyl groups is 4. The molecule has 43 nitrogen and oxygen atoms in total. The van der Waals surface area contributed by atoms with Crippen LogP contribution in [0.4, 0.5) is 25.0 Å². The fourth-order valence-corrected chi connectivity index (χ4v) is 16.4. The van der Waals surface area contributed by atoms with Gasteiger partial charge in [0.1, 0.15) is 48.4 Å². The number of benzene rings is 4. The van der Waals surface area contributed by atoms with Crippen LogP contribution >= 0.6 is 34.4 Å². The number of hydrazine groups is 1. The molecule has 16 N–H and O–H groups in total. The number of H-pyrrole nitrogens is 1. The number of nitrogens with one attached hydrogen (secondary N) is 8. The van der Waals surface area contributed by atoms with E-state index in [1.54, 1.807) is 81.3 Å². The van der Waals surface area contributed by atoms with Gasteiger partial charge in [0.2, 0.25) is 11.8 Å². The number of aromatic nitrogens is 7. The number of ether oxygens (including phenoxy) is 5. The number of amides is 8. The molecule has 0 radical (unpaired) electrons. The minimum Gasteiger partial charge on any atom is -0.453 e. The molecule has 2 saturated heterocycles. The van der Waals surface area contributed by atoms with Crippen molar-refractivity contribution in [3.8, 4) is 11.3 Å². The Hall–Kier alpha value is -12.6. The zero-order valence-electron chi connectivity index (χ0n) is 80.1. The number of carbonyl (C=O) groups excluding carboxylic acids is 7. The number of azide groups is 1. The number of nitrogens with zero attached hydrogens (tertiary/aromatic N) is 11. The number of alkyl carbamates (subject to hydrolysis) is 3. The van der Waals surface area contributed by atoms with Crippen LogP contribution in [0.25, 0.3) is 21.7 Å². The summed E-state index contributed by atoms with van der Waals surface area (Å²) >= 11 is 4.42. The van der Waals surface area contributed by atoms with Gasteiger partial charge in [-0.05, 0) is 95.3 Å². The van der Waals surface area contributed by atoms with Crippen LogP contribution in [0.1, 0.15) is 144 Å². The standard InChI is InChI=1S/C38H52N6O7.C37H48N6O5S2.C10H13N5O4.C8H11N3O3S.H2O4S/c1-37(2,3)31(41-35(48)50-7)33(46)40-29(22-25-14-10-9-11-15-25)30(45)24-44(43-34(47)32(38(4,5)6)42-36(49)51-8)23-26-17-19-27(20-18-26)28-16-12-13-21-39-28;1-24(2)33(42-36(46)43(5)20-29-22-49-35(40-29)25(3)4)34(45)39-28(16-26-12-8-6-9-13-26)18-32(44)31(17-27-14-10-7-11-15-27)41-37(47)48-21-30-19-38-23-50-30;1-5-3-15(10(18)12-9(5)17)8-2-6(13-14-11)7(4-16)19-8;9-5-1-2-11(8(13)10-5)6-4-15-7(3-12)14-6;1-5(2,3)4/h9-21,29-32,45H,22-24H2,1-8H3,(H,40,46)(H,41,48)(H,42,49)(H,43,47);6-15,19,22-25,28,31-33,44H,16-18,20-21H2,1-5H3,(H,39,45)(H,41,47)(H,42,46);3,6-8,16H,2,4H2,1H3,(H,12,17,18);1-2,6-7,12H,3-4H2,(H2,9,10,13);(H2,1,2,3,4)/t29-,30-,31+,32+;28-,31-,32?,33?;6-,7+,8+;6-,7+;/m0000./s1. The number of aliphatic hydroxyl groups excluding tert-OH is 4. The summed E-state index contributed by atoms with van der Waals surface area (Å²) in [7, 11) is -0.555. The lowest BCUT2D eigenvalue weighted by Gasteiger charge is -2.35. The second kappa shape index (κ2) is 56.0. The third kappa shape index (κ3) is 38.9. The van der Waals surface area contributed by atoms with E-state index >= 15 is 0 Å². The normalized spacial score (nSPS) is 16.7. The van der Waals surface area contributed by atoms with E-state index in [4.69, 9.17) is 62.7 Å². The van der Waals surface area contributed by atoms with Crippen molar-refractivity contribution >= 4 is 92.7 Å². The average Bonchev–Trinajstić information content (AvgIpc) is 1.57. The number of hydrogen-bond donors (Lipinski definition) is 15. The monoisotopic (exact) mass is 2020 g/mol. The van der Waals surface area contributed by atoms with Crippen molar-refractivity contribution in [3.63, 3.8) is 0 Å². The predicted octanol–water partition coefficient (Wildman–Crippen LogP) is 8.67. The molecular formula is C93H126N20O23S4. The van der Waals surface area contributed by atoms with Gasteiger partial charge < -0.3 is 86.6 Å². The molecule has 760 valence electrons. The summed E-state index contributed by atoms with van der Waals surface area (Å²) in [5, 5.41) is 66.6. The quantitative estimate of drug-likeness (QED) is 0.00436. The van der Waals surface area contributed by atoms with Gasteiger partial charge in [-0.25, -0.2) is 38.8 Å². The number of aryl methyl sites for hydroxylation is 1. The number of nitrogens with two attached hydrogens (primary N) is 1. The summed E-state index contributed by atoms with van der Waals surface area (Å²) in [5.74, 6) is -0.495. The molecule has 11 rings (SSSR count). The summed E-state index contributed by atoms with van der Waals surface area (Å²) in [6.07, 6.45) is 1.57. The van der Waals surface area contributed by atoms with Crippen molar-refractivity contribution in [2.45, 2.75) is 212 Å². The largest absolute Gasteiger partial charge is 0.453 e. The molecule has 2 fully saturated rings. The average molecular weight is 2020 g/mol. The van der Waals surface area contributed by atoms with Gasteiger partial charge in [-0.15, -0.1) is 34.4 Å². The summed E-state index contributed by atoms with van der Waals surface area (Å²) in [6, 6.07) is 37.6. The number of thiazole rings is 2. The molecule has 0 saturated carbocycles. The molecule has 140 heavy (non-hydrogen) atoms. The number of nitrogen functional groups attached to an aromatic ring is 1. The van der Waals surface area contributed by atoms with Crippen LogP contribution in [0.3, 0.4) is 0 Å². The molecule has 0 spiro atoms. The highest BCUT2D eigenvalue weighted by Crippen LogP contribution is 2.33. The Labute approximate surface area is 822 Å². The highest BCUT2D eigenvalue weighted by molar-refractivity contribution is 8.00. The minimum absolute atomic E-state index is 0.0572. The molecule has 2 unspecified atom stereocenters. The Morgan fingerprint density at radius 3 is 1.77 bits per heavy atom. The number of aromatic amines is 1. The van der Waals surface area contributed by atoms with Crippen molar-refractivity contribution in [3.05, 3.63) is 260 Å². The summed E-state index contributed by atoms with van der Waals surface area (Å²) in [4.78, 5) is 150. The topological polar surface area (TPSA) is 615 Å². The van der Waals surface area contributed by atoms with E-state index < -0.39 is 135 Å². The number of rotatable bonds is 36. The van der Waals surface area contributed by atoms with E-state index in [1.165, 1.54) is 57.5 Å². The van der Waals surface area contributed by atoms with Gasteiger partial charge in [-0.2, -0.15) is 13.4 Å². The first-order valence-corrected chi connectivity index (χ1v) is 48.6. The number of thioether (sulfide) groups is 1. The highest BCUT2D eigenvalue weighted by Gasteiger charge is 2.40. The van der Waals surface area contributed by atoms with Crippen molar-refractivity contribution < 1.29 is 95.2 Å². The zero-order valence-corrected chi connectivity index (χ0v) is 83.4. The summed E-state index contributed by atoms with van der Waals surface area (Å²) in [5.41, 5.74) is 21.7. The maximum atomic E-state index is 13.9. The van der Waals surface area contributed by atoms with Crippen LogP contribution in [0.5, 0.6) is 0 Å². The zero-order chi connectivity index (χ0) is 103. The van der Waals surface area contributed by atoms with Gasteiger partial charge in [0.25, 0.3) is 11.5 Å². The van der Waals surface area contributed by atoms with Crippen molar-refractivity contribution in [2.75, 3.05) is 52.5 Å². The van der Waals surface area contributed by atoms with Crippen LogP contribution in [-0.4, -0.2) is 237 Å². The third-order valence-electron chi connectivity index (χ3n) is 21.4. The lowest BCUT2D eigenvalue weighted by Crippen LogP contribution is -2.60. The Balaban J connectivity index is 0.000000275. The van der Waals surface area contributed by atoms with Crippen LogP contribution < -0.4 is 60.0 Å². The van der Waals surface area contributed by atoms with E-state index in [-0.39, 0.29) is 87.5 Å². The van der Waals surface area contributed by atoms with E-state index in [2.05, 4.69) is 86.1 Å². The van der Waals surface area contributed by atoms with E-state index in [9.17, 15) is 58.2 Å². The lowest BCUT2D eigenvalue weighted by molar-refractivity contribution is -0.132. The number of anilines is 1. The predicted molar refractivity (Wildman–Crippen MR) is 526 cm³/mol. The smallest absolute Gasteiger partial charge is 0.407 e. The van der Waals surface area contributed by atoms with Gasteiger partial charge in [0.15, 0.2) is 0 Å². The number of hydrogen-bond acceptors (Lipinski definition) is 31. The van der Waals surface area contributed by atoms with Crippen molar-refractivity contribution in [1.29, 1.82) is 0 Å². The first-order chi connectivity index (χ1) is 66.3. The molecule has 13 atom stereocenters. The second-order valence-corrected chi connectivity index (χ2v) is 39.3. The Morgan fingerprint density at radius 2 is 1.26 bits per heavy atom. The maximum Gasteiger partial charge on any atom is 0.407 e. The molecule has 0 aliphatic carbocycles. The van der Waals surface area contributed by atoms with E-state index in [0.29, 0.717) is 36.6 Å². The SMILES string of the molecule is CC(C)c1nc(CN(C)C(=O)NC(C(=O)N[C@@H](Cc2ccccc2)CC(O)[C@H](Cc2ccccc2)NC(=O)OCc2cncs2)C(C)C)cs1.COC(=O)N[C@H](C(=O)N[C@@H](Cc1ccccc1)[C@@H](O)CN(Cc1ccc(-c2ccccn2)cc1)NC(=O)[C@@H](NC(=O)OC)C(C)(C)C)C(C)(C)C.Cc1cn([C@H]2C[C@H](N=[N+]=[N-])[C@@H](CO)O2)c(=O)[nH]c1=O.Nc1ccn([C@@H]2CS[C@H](CO)O2)c(=O)n1.O=S(=O)(O)O. The molecule has 9 aromatic rings. The van der Waals surface area contributed by atoms with Gasteiger partial charge in [-0.1, -0.05) is 196 Å². The fourth-order valence-electron chi connectivity index (χ4n) is 14.1. The molecule has 2 aliphatic heterocycles. The number of methoxy groups -OCH3 is 2. The van der Waals surface area contributed by atoms with Crippen LogP contribution in [0.15, 0.2) is 195 Å². The van der Waals surface area contributed by atoms with Crippen LogP contribution in [0, 0.1) is 23.7 Å². The summed E-state index contributed by atoms with van der Waals surface area (Å²) < 4.78 is 60.0. The molecule has 7 heterocycles. The lowest BCUT2D eigenvalue weighted by atomic mass is 9.85. The fraction of sp³-hybridized carbons (Fsp3) is 0.462. The van der Waals surface area contributed by atoms with E-state index in [0.717, 1.165) is 49.1 Å². The molecule has 8 amide bonds. The van der Waals surface area contributed by atoms with Crippen molar-refractivity contribution in [2.24, 2.45) is 21.9 Å². The van der Waals surface area contributed by atoms with Crippen LogP contribution in [0.2, 0.25) is 0 Å². The maximum absolute atomic E-state index is 13.9. The Morgan fingerprint density at radius 1 is 0.686 bits per heavy atom. The molecule has 2 aliphatic rings. The highest BCUT2D eigenvalue weighted by atomic mass is 32.3.